The van der Waals surface area contributed by atoms with Gasteiger partial charge in [0.05, 0.1) is 0 Å². The van der Waals surface area contributed by atoms with Crippen LogP contribution in [0.15, 0.2) is 0 Å². The van der Waals surface area contributed by atoms with Crippen LogP contribution in [-0.4, -0.2) is 28.9 Å². The monoisotopic (exact) mass is 210 g/mol. The summed E-state index contributed by atoms with van der Waals surface area (Å²) < 4.78 is 0. The fraction of sp³-hybridized carbons (Fsp3) is 0.818. The summed E-state index contributed by atoms with van der Waals surface area (Å²) in [6, 6.07) is -0.0559. The Morgan fingerprint density at radius 2 is 1.87 bits per heavy atom. The molecule has 2 rings (SSSR count). The zero-order valence-electron chi connectivity index (χ0n) is 9.54. The first kappa shape index (κ1) is 10.5. The minimum Gasteiger partial charge on any atom is -0.334 e. The van der Waals surface area contributed by atoms with Crippen molar-refractivity contribution in [3.8, 4) is 0 Å². The van der Waals surface area contributed by atoms with Gasteiger partial charge in [-0.2, -0.15) is 0 Å². The molecule has 2 aliphatic rings. The van der Waals surface area contributed by atoms with Gasteiger partial charge in [-0.3, -0.25) is 9.69 Å². The van der Waals surface area contributed by atoms with Crippen LogP contribution in [0, 0.1) is 5.41 Å². The smallest absolute Gasteiger partial charge is 0.324 e. The van der Waals surface area contributed by atoms with Crippen molar-refractivity contribution in [2.75, 3.05) is 0 Å². The van der Waals surface area contributed by atoms with Gasteiger partial charge in [0.25, 0.3) is 0 Å². The van der Waals surface area contributed by atoms with Gasteiger partial charge in [-0.05, 0) is 18.3 Å². The van der Waals surface area contributed by atoms with Gasteiger partial charge >= 0.3 is 6.03 Å². The first-order valence-corrected chi connectivity index (χ1v) is 5.52. The molecular weight excluding hydrogens is 192 g/mol. The van der Waals surface area contributed by atoms with E-state index in [1.807, 2.05) is 20.8 Å². The third-order valence-electron chi connectivity index (χ3n) is 3.12. The molecular formula is C11H18N2O2. The second-order valence-corrected chi connectivity index (χ2v) is 5.57. The predicted octanol–water partition coefficient (Wildman–Crippen LogP) is 1.51. The van der Waals surface area contributed by atoms with Crippen molar-refractivity contribution < 1.29 is 9.59 Å². The molecule has 0 bridgehead atoms. The number of imide groups is 1. The Morgan fingerprint density at radius 1 is 1.27 bits per heavy atom. The summed E-state index contributed by atoms with van der Waals surface area (Å²) in [6.45, 7) is 6.12. The van der Waals surface area contributed by atoms with E-state index in [1.165, 1.54) is 4.90 Å². The molecule has 0 aromatic rings. The van der Waals surface area contributed by atoms with Gasteiger partial charge in [0, 0.05) is 18.5 Å². The Balaban J connectivity index is 2.09. The fourth-order valence-electron chi connectivity index (χ4n) is 1.88. The lowest BCUT2D eigenvalue weighted by atomic mass is 9.83. The summed E-state index contributed by atoms with van der Waals surface area (Å²) in [4.78, 5) is 25.0. The Hall–Kier alpha value is -1.06. The van der Waals surface area contributed by atoms with Crippen LogP contribution in [0.3, 0.4) is 0 Å². The third-order valence-corrected chi connectivity index (χ3v) is 3.12. The van der Waals surface area contributed by atoms with Gasteiger partial charge in [0.1, 0.15) is 0 Å². The molecule has 0 spiro atoms. The molecule has 15 heavy (non-hydrogen) atoms. The van der Waals surface area contributed by atoms with E-state index in [4.69, 9.17) is 0 Å². The average Bonchev–Trinajstić information content (AvgIpc) is 2.84. The number of nitrogens with one attached hydrogen (secondary N) is 1. The van der Waals surface area contributed by atoms with E-state index in [1.54, 1.807) is 0 Å². The molecule has 1 unspecified atom stereocenters. The maximum atomic E-state index is 11.8. The van der Waals surface area contributed by atoms with E-state index >= 15 is 0 Å². The molecule has 0 aromatic heterocycles. The number of rotatable bonds is 1. The Labute approximate surface area is 90.0 Å². The van der Waals surface area contributed by atoms with Crippen LogP contribution in [-0.2, 0) is 4.79 Å². The molecule has 1 saturated carbocycles. The molecule has 1 atom stereocenters. The second-order valence-electron chi connectivity index (χ2n) is 5.57. The molecule has 3 amide bonds. The maximum absolute atomic E-state index is 11.8. The van der Waals surface area contributed by atoms with Gasteiger partial charge in [0.15, 0.2) is 0 Å². The summed E-state index contributed by atoms with van der Waals surface area (Å²) in [5.74, 6) is -0.0128. The van der Waals surface area contributed by atoms with Gasteiger partial charge in [-0.25, -0.2) is 4.79 Å². The van der Waals surface area contributed by atoms with Gasteiger partial charge in [0.2, 0.25) is 5.91 Å². The number of nitrogens with zero attached hydrogens (tertiary/aromatic N) is 1. The maximum Gasteiger partial charge on any atom is 0.324 e. The SMILES string of the molecule is CC(C)(C)C1CC(=O)N(C2CC2)C(=O)N1. The molecule has 2 fully saturated rings. The predicted molar refractivity (Wildman–Crippen MR) is 56.3 cm³/mol. The van der Waals surface area contributed by atoms with Crippen molar-refractivity contribution in [3.63, 3.8) is 0 Å². The van der Waals surface area contributed by atoms with Crippen LogP contribution >= 0.6 is 0 Å². The Bertz CT molecular complexity index is 284. The number of hydrogen-bond acceptors (Lipinski definition) is 2. The van der Waals surface area contributed by atoms with Gasteiger partial charge in [-0.1, -0.05) is 20.8 Å². The van der Waals surface area contributed by atoms with Crippen LogP contribution < -0.4 is 5.32 Å². The minimum absolute atomic E-state index is 0.0128. The average molecular weight is 210 g/mol. The van der Waals surface area contributed by atoms with Crippen LogP contribution in [0.5, 0.6) is 0 Å². The standard InChI is InChI=1S/C11H18N2O2/c1-11(2,3)8-6-9(14)13(7-4-5-7)10(15)12-8/h7-8H,4-6H2,1-3H3,(H,12,15). The Morgan fingerprint density at radius 3 is 2.27 bits per heavy atom. The summed E-state index contributed by atoms with van der Waals surface area (Å²) in [6.07, 6.45) is 2.38. The summed E-state index contributed by atoms with van der Waals surface area (Å²) in [7, 11) is 0. The summed E-state index contributed by atoms with van der Waals surface area (Å²) >= 11 is 0. The highest BCUT2D eigenvalue weighted by molar-refractivity contribution is 5.98. The van der Waals surface area contributed by atoms with Crippen LogP contribution in [0.1, 0.15) is 40.0 Å². The largest absolute Gasteiger partial charge is 0.334 e. The molecule has 1 N–H and O–H groups in total. The van der Waals surface area contributed by atoms with Gasteiger partial charge < -0.3 is 5.32 Å². The molecule has 4 nitrogen and oxygen atoms in total. The van der Waals surface area contributed by atoms with Crippen LogP contribution in [0.2, 0.25) is 0 Å². The lowest BCUT2D eigenvalue weighted by Gasteiger charge is -2.38. The molecule has 0 aromatic carbocycles. The van der Waals surface area contributed by atoms with Crippen molar-refractivity contribution in [3.05, 3.63) is 0 Å². The highest BCUT2D eigenvalue weighted by Crippen LogP contribution is 2.32. The molecule has 4 heteroatoms. The normalized spacial score (nSPS) is 27.9. The zero-order valence-corrected chi connectivity index (χ0v) is 9.54. The van der Waals surface area contributed by atoms with E-state index in [-0.39, 0.29) is 29.4 Å². The van der Waals surface area contributed by atoms with Crippen molar-refractivity contribution in [2.24, 2.45) is 5.41 Å². The quantitative estimate of drug-likeness (QED) is 0.713. The first-order chi connectivity index (χ1) is 6.89. The number of carbonyl (C=O) groups is 2. The van der Waals surface area contributed by atoms with Crippen molar-refractivity contribution in [1.82, 2.24) is 10.2 Å². The van der Waals surface area contributed by atoms with Crippen LogP contribution in [0.25, 0.3) is 0 Å². The first-order valence-electron chi connectivity index (χ1n) is 5.52. The molecule has 84 valence electrons. The lowest BCUT2D eigenvalue weighted by molar-refractivity contribution is -0.131. The number of urea groups is 1. The van der Waals surface area contributed by atoms with E-state index in [9.17, 15) is 9.59 Å². The molecule has 1 heterocycles. The van der Waals surface area contributed by atoms with E-state index < -0.39 is 0 Å². The molecule has 0 radical (unpaired) electrons. The third kappa shape index (κ3) is 1.98. The zero-order chi connectivity index (χ0) is 11.2. The fourth-order valence-corrected chi connectivity index (χ4v) is 1.88. The summed E-state index contributed by atoms with van der Waals surface area (Å²) in [5.41, 5.74) is -0.0546. The number of carbonyl (C=O) groups excluding carboxylic acids is 2. The van der Waals surface area contributed by atoms with Crippen molar-refractivity contribution in [2.45, 2.75) is 52.1 Å². The van der Waals surface area contributed by atoms with Gasteiger partial charge in [-0.15, -0.1) is 0 Å². The van der Waals surface area contributed by atoms with E-state index in [0.717, 1.165) is 12.8 Å². The second kappa shape index (κ2) is 3.22. The topological polar surface area (TPSA) is 49.4 Å². The lowest BCUT2D eigenvalue weighted by Crippen LogP contribution is -2.58. The van der Waals surface area contributed by atoms with Crippen LogP contribution in [0.4, 0.5) is 4.79 Å². The van der Waals surface area contributed by atoms with E-state index in [2.05, 4.69) is 5.32 Å². The minimum atomic E-state index is -0.200. The number of amides is 3. The molecule has 1 aliphatic carbocycles. The molecule has 1 aliphatic heterocycles. The van der Waals surface area contributed by atoms with Crippen molar-refractivity contribution in [1.29, 1.82) is 0 Å². The Kier molecular flexibility index (Phi) is 2.24. The van der Waals surface area contributed by atoms with E-state index in [0.29, 0.717) is 6.42 Å². The highest BCUT2D eigenvalue weighted by Gasteiger charge is 2.43. The number of hydrogen-bond donors (Lipinski definition) is 1. The molecule has 1 saturated heterocycles. The highest BCUT2D eigenvalue weighted by atomic mass is 16.2. The van der Waals surface area contributed by atoms with Crippen molar-refractivity contribution >= 4 is 11.9 Å². The summed E-state index contributed by atoms with van der Waals surface area (Å²) in [5, 5.41) is 2.92.